The monoisotopic (exact) mass is 770 g/mol. The zero-order valence-corrected chi connectivity index (χ0v) is 30.4. The van der Waals surface area contributed by atoms with Crippen molar-refractivity contribution >= 4 is 23.9 Å². The molecule has 1 unspecified atom stereocenters. The topological polar surface area (TPSA) is 291 Å². The molecule has 4 aliphatic rings. The molecule has 0 aromatic heterocycles. The summed E-state index contributed by atoms with van der Waals surface area (Å²) in [4.78, 5) is 48.6. The zero-order valence-electron chi connectivity index (χ0n) is 30.4. The third kappa shape index (κ3) is 9.97. The Bertz CT molecular complexity index is 1280. The van der Waals surface area contributed by atoms with E-state index in [0.29, 0.717) is 0 Å². The minimum Gasteiger partial charge on any atom is -0.457 e. The Balaban J connectivity index is 1.67. The lowest BCUT2D eigenvalue weighted by atomic mass is 9.95. The first-order valence-electron chi connectivity index (χ1n) is 17.1. The fourth-order valence-corrected chi connectivity index (χ4v) is 6.67. The molecule has 0 aromatic carbocycles. The van der Waals surface area contributed by atoms with E-state index in [2.05, 4.69) is 0 Å². The average molecular weight is 771 g/mol. The number of carbonyl (C=O) groups is 4. The highest BCUT2D eigenvalue weighted by Crippen LogP contribution is 2.37. The van der Waals surface area contributed by atoms with Gasteiger partial charge < -0.3 is 82.7 Å². The molecule has 53 heavy (non-hydrogen) atoms. The lowest BCUT2D eigenvalue weighted by Crippen LogP contribution is -2.67. The standard InChI is InChI=1S/C32H50O21/c1-9-23(17(37)19(39)29(42)43-9)51-31-21(41)26(24(11(3)45-31)48-14(6)34)52-32-28(50-16(8)36)27(25(12(4)46-32)49-15(7)35)53-30-20(40)18(38)22(10(2)44-30)47-13(5)33/h9-12,17-32,37-42H,1-8H3/t9-,10-,11-,12-,17-,18-,19+,20+,21+,22-,23-,24-,25-,26-,27+,28+,29?,30-,31-,32-/m0/s1. The maximum absolute atomic E-state index is 12.5. The molecule has 4 fully saturated rings. The van der Waals surface area contributed by atoms with Crippen molar-refractivity contribution in [2.24, 2.45) is 0 Å². The number of rotatable bonds is 10. The number of hydrogen-bond acceptors (Lipinski definition) is 21. The molecule has 0 spiro atoms. The van der Waals surface area contributed by atoms with E-state index in [0.717, 1.165) is 27.7 Å². The van der Waals surface area contributed by atoms with Gasteiger partial charge in [0.25, 0.3) is 0 Å². The van der Waals surface area contributed by atoms with Crippen molar-refractivity contribution in [3.8, 4) is 0 Å². The largest absolute Gasteiger partial charge is 0.457 e. The fourth-order valence-electron chi connectivity index (χ4n) is 6.67. The van der Waals surface area contributed by atoms with Crippen LogP contribution in [0.2, 0.25) is 0 Å². The molecule has 0 radical (unpaired) electrons. The van der Waals surface area contributed by atoms with Crippen molar-refractivity contribution in [2.45, 2.75) is 178 Å². The molecule has 0 saturated carbocycles. The predicted molar refractivity (Wildman–Crippen MR) is 166 cm³/mol. The summed E-state index contributed by atoms with van der Waals surface area (Å²) in [7, 11) is 0. The van der Waals surface area contributed by atoms with Gasteiger partial charge in [0.1, 0.15) is 48.8 Å². The van der Waals surface area contributed by atoms with Crippen LogP contribution in [0.1, 0.15) is 55.4 Å². The molecule has 21 heteroatoms. The normalized spacial score (nSPS) is 46.2. The Morgan fingerprint density at radius 2 is 0.736 bits per heavy atom. The highest BCUT2D eigenvalue weighted by Gasteiger charge is 2.57. The van der Waals surface area contributed by atoms with E-state index in [1.807, 2.05) is 0 Å². The first kappa shape index (κ1) is 43.1. The minimum absolute atomic E-state index is 0.752. The van der Waals surface area contributed by atoms with Gasteiger partial charge in [-0.3, -0.25) is 19.2 Å². The van der Waals surface area contributed by atoms with Gasteiger partial charge in [-0.2, -0.15) is 0 Å². The lowest BCUT2D eigenvalue weighted by molar-refractivity contribution is -0.384. The van der Waals surface area contributed by atoms with Crippen LogP contribution in [-0.4, -0.2) is 177 Å². The van der Waals surface area contributed by atoms with Gasteiger partial charge in [-0.05, 0) is 27.7 Å². The summed E-state index contributed by atoms with van der Waals surface area (Å²) in [5.74, 6) is -3.28. The van der Waals surface area contributed by atoms with Gasteiger partial charge in [0, 0.05) is 27.7 Å². The van der Waals surface area contributed by atoms with Crippen LogP contribution in [0.3, 0.4) is 0 Å². The number of ether oxygens (including phenoxy) is 11. The number of hydrogen-bond donors (Lipinski definition) is 6. The van der Waals surface area contributed by atoms with E-state index in [1.54, 1.807) is 0 Å². The Kier molecular flexibility index (Phi) is 14.5. The highest BCUT2D eigenvalue weighted by molar-refractivity contribution is 5.67. The number of aliphatic hydroxyl groups excluding tert-OH is 6. The van der Waals surface area contributed by atoms with E-state index in [1.165, 1.54) is 27.7 Å². The predicted octanol–water partition coefficient (Wildman–Crippen LogP) is -3.36. The van der Waals surface area contributed by atoms with E-state index >= 15 is 0 Å². The van der Waals surface area contributed by atoms with Crippen molar-refractivity contribution in [2.75, 3.05) is 0 Å². The summed E-state index contributed by atoms with van der Waals surface area (Å²) >= 11 is 0. The highest BCUT2D eigenvalue weighted by atomic mass is 16.8. The van der Waals surface area contributed by atoms with Gasteiger partial charge in [0.2, 0.25) is 0 Å². The molecule has 304 valence electrons. The maximum Gasteiger partial charge on any atom is 0.303 e. The SMILES string of the molecule is CC(=O)O[C@@H]1[C@@H](O)[C@@H](O)[C@H](O[C@@H]2[C@@H](OC(C)=O)[C@H](C)O[C@@H](O[C@H]3[C@@H](O)[C@H](O[C@@H]4[C@@H](O)[C@@H](O)C(O)O[C@H]4C)O[C@@H](C)[C@@H]3OC(C)=O)[C@@H]2OC(C)=O)O[C@H]1C. The summed E-state index contributed by atoms with van der Waals surface area (Å²) in [5, 5.41) is 64.1. The summed E-state index contributed by atoms with van der Waals surface area (Å²) in [6.07, 6.45) is -30.2. The summed E-state index contributed by atoms with van der Waals surface area (Å²) in [5.41, 5.74) is 0. The van der Waals surface area contributed by atoms with Gasteiger partial charge in [-0.25, -0.2) is 0 Å². The molecule has 0 aliphatic carbocycles. The van der Waals surface area contributed by atoms with Crippen LogP contribution in [0.4, 0.5) is 0 Å². The smallest absolute Gasteiger partial charge is 0.303 e. The number of esters is 4. The van der Waals surface area contributed by atoms with E-state index in [-0.39, 0.29) is 0 Å². The minimum atomic E-state index is -1.86. The van der Waals surface area contributed by atoms with Crippen LogP contribution < -0.4 is 0 Å². The van der Waals surface area contributed by atoms with Crippen LogP contribution in [0.25, 0.3) is 0 Å². The van der Waals surface area contributed by atoms with E-state index < -0.39 is 147 Å². The quantitative estimate of drug-likeness (QED) is 0.0934. The lowest BCUT2D eigenvalue weighted by Gasteiger charge is -2.50. The summed E-state index contributed by atoms with van der Waals surface area (Å²) in [6.45, 7) is 10.1. The van der Waals surface area contributed by atoms with E-state index in [4.69, 9.17) is 52.1 Å². The van der Waals surface area contributed by atoms with Crippen LogP contribution in [0.15, 0.2) is 0 Å². The van der Waals surface area contributed by atoms with Crippen molar-refractivity contribution < 1.29 is 102 Å². The zero-order chi connectivity index (χ0) is 39.6. The second-order valence-electron chi connectivity index (χ2n) is 13.4. The molecule has 6 N–H and O–H groups in total. The average Bonchev–Trinajstić information content (AvgIpc) is 3.05. The maximum atomic E-state index is 12.5. The van der Waals surface area contributed by atoms with Gasteiger partial charge in [0.05, 0.1) is 24.4 Å². The molecular formula is C32H50O21. The molecule has 4 rings (SSSR count). The van der Waals surface area contributed by atoms with Gasteiger partial charge in [-0.1, -0.05) is 0 Å². The van der Waals surface area contributed by atoms with Crippen molar-refractivity contribution in [1.82, 2.24) is 0 Å². The summed E-state index contributed by atoms with van der Waals surface area (Å²) in [6, 6.07) is 0. The molecule has 4 heterocycles. The first-order chi connectivity index (χ1) is 24.7. The molecule has 4 aliphatic heterocycles. The van der Waals surface area contributed by atoms with Crippen LogP contribution in [0, 0.1) is 0 Å². The Hall–Kier alpha value is -2.64. The van der Waals surface area contributed by atoms with Crippen LogP contribution in [-0.2, 0) is 71.3 Å². The molecule has 20 atom stereocenters. The van der Waals surface area contributed by atoms with Gasteiger partial charge in [-0.15, -0.1) is 0 Å². The first-order valence-corrected chi connectivity index (χ1v) is 17.1. The molecule has 0 bridgehead atoms. The third-order valence-corrected chi connectivity index (χ3v) is 9.13. The molecule has 0 aromatic rings. The van der Waals surface area contributed by atoms with Gasteiger partial charge in [0.15, 0.2) is 49.6 Å². The molecule has 4 saturated heterocycles. The van der Waals surface area contributed by atoms with Crippen molar-refractivity contribution in [3.63, 3.8) is 0 Å². The van der Waals surface area contributed by atoms with Crippen LogP contribution in [0.5, 0.6) is 0 Å². The second-order valence-corrected chi connectivity index (χ2v) is 13.4. The Morgan fingerprint density at radius 3 is 1.26 bits per heavy atom. The second kappa shape index (κ2) is 17.9. The Morgan fingerprint density at radius 1 is 0.377 bits per heavy atom. The molecule has 21 nitrogen and oxygen atoms in total. The van der Waals surface area contributed by atoms with Crippen molar-refractivity contribution in [3.05, 3.63) is 0 Å². The number of aliphatic hydroxyl groups is 6. The Labute approximate surface area is 304 Å². The fraction of sp³-hybridized carbons (Fsp3) is 0.875. The van der Waals surface area contributed by atoms with Gasteiger partial charge >= 0.3 is 23.9 Å². The van der Waals surface area contributed by atoms with Crippen molar-refractivity contribution in [1.29, 1.82) is 0 Å². The third-order valence-electron chi connectivity index (χ3n) is 9.13. The number of carbonyl (C=O) groups excluding carboxylic acids is 4. The molecule has 0 amide bonds. The summed E-state index contributed by atoms with van der Waals surface area (Å²) < 4.78 is 62.6. The molecular weight excluding hydrogens is 720 g/mol. The van der Waals surface area contributed by atoms with E-state index in [9.17, 15) is 49.8 Å². The van der Waals surface area contributed by atoms with Crippen LogP contribution >= 0.6 is 0 Å².